The van der Waals surface area contributed by atoms with Gasteiger partial charge in [0, 0.05) is 25.9 Å². The highest BCUT2D eigenvalue weighted by molar-refractivity contribution is 7.98. The highest BCUT2D eigenvalue weighted by Crippen LogP contribution is 2.25. The molecule has 4 nitrogen and oxygen atoms in total. The van der Waals surface area contributed by atoms with Crippen LogP contribution < -0.4 is 5.32 Å². The third-order valence-corrected chi connectivity index (χ3v) is 5.60. The number of nitrogens with one attached hydrogen (secondary N) is 1. The Bertz CT molecular complexity index is 520. The van der Waals surface area contributed by atoms with Gasteiger partial charge in [-0.2, -0.15) is 11.8 Å². The first-order valence-corrected chi connectivity index (χ1v) is 9.03. The predicted octanol–water partition coefficient (Wildman–Crippen LogP) is 2.04. The van der Waals surface area contributed by atoms with Gasteiger partial charge in [-0.3, -0.25) is 0 Å². The van der Waals surface area contributed by atoms with E-state index in [2.05, 4.69) is 5.32 Å². The average Bonchev–Trinajstić information content (AvgIpc) is 2.38. The third kappa shape index (κ3) is 4.36. The fourth-order valence-corrected chi connectivity index (χ4v) is 3.83. The lowest BCUT2D eigenvalue weighted by molar-refractivity contribution is 0.488. The molecule has 19 heavy (non-hydrogen) atoms. The van der Waals surface area contributed by atoms with Crippen molar-refractivity contribution in [1.29, 1.82) is 0 Å². The standard InChI is InChI=1S/C12H19ClN2O2S2/c1-14-9-10-4-5-11(13)12(8-10)19(16,17)15(2)6-7-18-3/h4-5,8,14H,6-7,9H2,1-3H3. The van der Waals surface area contributed by atoms with Crippen molar-refractivity contribution in [2.75, 3.05) is 32.6 Å². The molecule has 0 aliphatic heterocycles. The second-order valence-corrected chi connectivity index (χ2v) is 7.52. The van der Waals surface area contributed by atoms with Crippen LogP contribution in [-0.4, -0.2) is 45.4 Å². The maximum Gasteiger partial charge on any atom is 0.244 e. The summed E-state index contributed by atoms with van der Waals surface area (Å²) in [5.41, 5.74) is 0.892. The number of rotatable bonds is 7. The number of sulfonamides is 1. The Morgan fingerprint density at radius 3 is 2.68 bits per heavy atom. The highest BCUT2D eigenvalue weighted by Gasteiger charge is 2.23. The monoisotopic (exact) mass is 322 g/mol. The Balaban J connectivity index is 3.09. The topological polar surface area (TPSA) is 49.4 Å². The number of nitrogens with zero attached hydrogens (tertiary/aromatic N) is 1. The van der Waals surface area contributed by atoms with E-state index in [-0.39, 0.29) is 9.92 Å². The van der Waals surface area contributed by atoms with Gasteiger partial charge in [0.25, 0.3) is 0 Å². The lowest BCUT2D eigenvalue weighted by Crippen LogP contribution is -2.29. The van der Waals surface area contributed by atoms with Crippen LogP contribution in [0, 0.1) is 0 Å². The van der Waals surface area contributed by atoms with Crippen LogP contribution in [0.3, 0.4) is 0 Å². The van der Waals surface area contributed by atoms with E-state index in [0.717, 1.165) is 11.3 Å². The fraction of sp³-hybridized carbons (Fsp3) is 0.500. The van der Waals surface area contributed by atoms with Crippen molar-refractivity contribution in [2.24, 2.45) is 0 Å². The molecule has 0 radical (unpaired) electrons. The molecule has 108 valence electrons. The Labute approximate surface area is 124 Å². The molecule has 0 aliphatic carbocycles. The van der Waals surface area contributed by atoms with Crippen molar-refractivity contribution in [3.8, 4) is 0 Å². The maximum absolute atomic E-state index is 12.4. The summed E-state index contributed by atoms with van der Waals surface area (Å²) in [6.45, 7) is 1.07. The van der Waals surface area contributed by atoms with Crippen LogP contribution in [0.25, 0.3) is 0 Å². The van der Waals surface area contributed by atoms with Crippen molar-refractivity contribution in [1.82, 2.24) is 9.62 Å². The first-order chi connectivity index (χ1) is 8.93. The minimum absolute atomic E-state index is 0.172. The van der Waals surface area contributed by atoms with Crippen LogP contribution in [0.4, 0.5) is 0 Å². The molecular formula is C12H19ClN2O2S2. The molecule has 0 bridgehead atoms. The van der Waals surface area contributed by atoms with E-state index in [9.17, 15) is 8.42 Å². The van der Waals surface area contributed by atoms with E-state index in [0.29, 0.717) is 13.1 Å². The van der Waals surface area contributed by atoms with Gasteiger partial charge in [-0.1, -0.05) is 17.7 Å². The van der Waals surface area contributed by atoms with Crippen molar-refractivity contribution in [3.05, 3.63) is 28.8 Å². The van der Waals surface area contributed by atoms with Crippen LogP contribution in [0.2, 0.25) is 5.02 Å². The van der Waals surface area contributed by atoms with Gasteiger partial charge in [0.2, 0.25) is 10.0 Å². The van der Waals surface area contributed by atoms with Crippen molar-refractivity contribution >= 4 is 33.4 Å². The van der Waals surface area contributed by atoms with Crippen LogP contribution >= 0.6 is 23.4 Å². The summed E-state index contributed by atoms with van der Waals surface area (Å²) in [5, 5.41) is 3.25. The minimum atomic E-state index is -3.52. The second kappa shape index (κ2) is 7.50. The third-order valence-electron chi connectivity index (χ3n) is 2.68. The quantitative estimate of drug-likeness (QED) is 0.834. The highest BCUT2D eigenvalue weighted by atomic mass is 35.5. The Morgan fingerprint density at radius 1 is 1.42 bits per heavy atom. The first-order valence-electron chi connectivity index (χ1n) is 5.81. The Kier molecular flexibility index (Phi) is 6.62. The van der Waals surface area contributed by atoms with Gasteiger partial charge in [0.05, 0.1) is 5.02 Å². The molecule has 0 saturated carbocycles. The predicted molar refractivity (Wildman–Crippen MR) is 82.4 cm³/mol. The minimum Gasteiger partial charge on any atom is -0.316 e. The molecular weight excluding hydrogens is 304 g/mol. The van der Waals surface area contributed by atoms with Gasteiger partial charge < -0.3 is 5.32 Å². The SMILES string of the molecule is CNCc1ccc(Cl)c(S(=O)(=O)N(C)CCSC)c1. The molecule has 0 saturated heterocycles. The summed E-state index contributed by atoms with van der Waals surface area (Å²) in [5.74, 6) is 0.754. The number of benzene rings is 1. The zero-order chi connectivity index (χ0) is 14.5. The molecule has 1 aromatic carbocycles. The first kappa shape index (κ1) is 16.8. The number of hydrogen-bond acceptors (Lipinski definition) is 4. The Hall–Kier alpha value is -0.270. The van der Waals surface area contributed by atoms with E-state index < -0.39 is 10.0 Å². The molecule has 1 N–H and O–H groups in total. The molecule has 1 aromatic rings. The fourth-order valence-electron chi connectivity index (χ4n) is 1.57. The van der Waals surface area contributed by atoms with Crippen LogP contribution in [0.15, 0.2) is 23.1 Å². The van der Waals surface area contributed by atoms with Gasteiger partial charge in [0.15, 0.2) is 0 Å². The van der Waals surface area contributed by atoms with Gasteiger partial charge >= 0.3 is 0 Å². The molecule has 1 rings (SSSR count). The molecule has 0 aliphatic rings. The lowest BCUT2D eigenvalue weighted by atomic mass is 10.2. The summed E-state index contributed by atoms with van der Waals surface area (Å²) in [4.78, 5) is 0.172. The normalized spacial score (nSPS) is 12.1. The smallest absolute Gasteiger partial charge is 0.244 e. The lowest BCUT2D eigenvalue weighted by Gasteiger charge is -2.18. The second-order valence-electron chi connectivity index (χ2n) is 4.11. The van der Waals surface area contributed by atoms with Crippen molar-refractivity contribution in [3.63, 3.8) is 0 Å². The van der Waals surface area contributed by atoms with Gasteiger partial charge in [-0.05, 0) is 31.0 Å². The van der Waals surface area contributed by atoms with Gasteiger partial charge in [0.1, 0.15) is 4.90 Å². The summed E-state index contributed by atoms with van der Waals surface area (Å²) in [6.07, 6.45) is 1.95. The van der Waals surface area contributed by atoms with Crippen molar-refractivity contribution in [2.45, 2.75) is 11.4 Å². The average molecular weight is 323 g/mol. The maximum atomic E-state index is 12.4. The van der Waals surface area contributed by atoms with Gasteiger partial charge in [-0.15, -0.1) is 0 Å². The molecule has 0 amide bonds. The Morgan fingerprint density at radius 2 is 2.11 bits per heavy atom. The number of hydrogen-bond donors (Lipinski definition) is 1. The van der Waals surface area contributed by atoms with Crippen LogP contribution in [0.1, 0.15) is 5.56 Å². The molecule has 0 unspecified atom stereocenters. The van der Waals surface area contributed by atoms with E-state index in [1.54, 1.807) is 30.9 Å². The van der Waals surface area contributed by atoms with Crippen molar-refractivity contribution < 1.29 is 8.42 Å². The zero-order valence-corrected chi connectivity index (χ0v) is 13.7. The summed E-state index contributed by atoms with van der Waals surface area (Å²) >= 11 is 7.64. The summed E-state index contributed by atoms with van der Waals surface area (Å²) in [6, 6.07) is 5.08. The molecule has 0 spiro atoms. The van der Waals surface area contributed by atoms with Gasteiger partial charge in [-0.25, -0.2) is 12.7 Å². The molecule has 7 heteroatoms. The van der Waals surface area contributed by atoms with Crippen LogP contribution in [0.5, 0.6) is 0 Å². The van der Waals surface area contributed by atoms with E-state index >= 15 is 0 Å². The number of halogens is 1. The van der Waals surface area contributed by atoms with E-state index in [1.165, 1.54) is 4.31 Å². The largest absolute Gasteiger partial charge is 0.316 e. The van der Waals surface area contributed by atoms with E-state index in [4.69, 9.17) is 11.6 Å². The molecule has 0 aromatic heterocycles. The summed E-state index contributed by atoms with van der Waals surface area (Å²) < 4.78 is 26.2. The molecule has 0 atom stereocenters. The van der Waals surface area contributed by atoms with E-state index in [1.807, 2.05) is 19.4 Å². The summed E-state index contributed by atoms with van der Waals surface area (Å²) in [7, 11) is -0.134. The van der Waals surface area contributed by atoms with Crippen LogP contribution in [-0.2, 0) is 16.6 Å². The molecule has 0 fully saturated rings. The zero-order valence-electron chi connectivity index (χ0n) is 11.3. The number of thioether (sulfide) groups is 1. The molecule has 0 heterocycles.